The van der Waals surface area contributed by atoms with Crippen molar-refractivity contribution in [1.82, 2.24) is 14.9 Å². The van der Waals surface area contributed by atoms with Crippen molar-refractivity contribution in [2.45, 2.75) is 19.3 Å². The lowest BCUT2D eigenvalue weighted by atomic mass is 9.99. The number of nitrogens with zero attached hydrogens (tertiary/aromatic N) is 2. The molecular formula is C19H19Cl2N3O. The van der Waals surface area contributed by atoms with Gasteiger partial charge < -0.3 is 9.30 Å². The third-order valence-corrected chi connectivity index (χ3v) is 4.44. The van der Waals surface area contributed by atoms with Crippen LogP contribution in [-0.4, -0.2) is 16.7 Å². The Hall–Kier alpha value is -1.85. The molecule has 0 spiro atoms. The molecule has 25 heavy (non-hydrogen) atoms. The van der Waals surface area contributed by atoms with Crippen molar-refractivity contribution in [3.8, 4) is 0 Å². The molecule has 0 amide bonds. The number of methoxy groups -OCH3 is 1. The maximum Gasteiger partial charge on any atom is 0.124 e. The van der Waals surface area contributed by atoms with Gasteiger partial charge in [0.05, 0.1) is 12.6 Å². The molecule has 1 heterocycles. The number of rotatable bonds is 7. The molecule has 0 fully saturated rings. The minimum absolute atomic E-state index is 0.00206. The Morgan fingerprint density at radius 3 is 2.08 bits per heavy atom. The average molecular weight is 376 g/mol. The normalized spacial score (nSPS) is 11.2. The molecule has 0 aliphatic heterocycles. The number of hydrogen-bond acceptors (Lipinski definition) is 3. The zero-order chi connectivity index (χ0) is 17.6. The Bertz CT molecular complexity index is 755. The molecule has 0 bridgehead atoms. The number of imidazole rings is 1. The van der Waals surface area contributed by atoms with Crippen molar-refractivity contribution in [3.05, 3.63) is 87.9 Å². The first-order valence-electron chi connectivity index (χ1n) is 7.90. The average Bonchev–Trinajstić information content (AvgIpc) is 3.06. The summed E-state index contributed by atoms with van der Waals surface area (Å²) in [6.07, 6.45) is 3.68. The van der Waals surface area contributed by atoms with Gasteiger partial charge >= 0.3 is 0 Å². The minimum atomic E-state index is 0.00206. The van der Waals surface area contributed by atoms with E-state index in [4.69, 9.17) is 27.9 Å². The Morgan fingerprint density at radius 1 is 1.00 bits per heavy atom. The van der Waals surface area contributed by atoms with Crippen LogP contribution in [0, 0.1) is 0 Å². The van der Waals surface area contributed by atoms with Crippen LogP contribution in [0.4, 0.5) is 0 Å². The monoisotopic (exact) mass is 375 g/mol. The maximum absolute atomic E-state index is 6.03. The molecule has 2 aromatic carbocycles. The van der Waals surface area contributed by atoms with Gasteiger partial charge in [-0.05, 0) is 35.4 Å². The molecule has 3 rings (SSSR count). The highest BCUT2D eigenvalue weighted by atomic mass is 35.5. The van der Waals surface area contributed by atoms with Crippen LogP contribution in [-0.2, 0) is 18.0 Å². The van der Waals surface area contributed by atoms with Crippen LogP contribution in [0.1, 0.15) is 23.0 Å². The largest absolute Gasteiger partial charge is 0.364 e. The Balaban J connectivity index is 1.84. The summed E-state index contributed by atoms with van der Waals surface area (Å²) in [5.41, 5.74) is 2.24. The topological polar surface area (TPSA) is 39.1 Å². The molecule has 1 aromatic heterocycles. The first-order chi connectivity index (χ1) is 12.2. The third-order valence-electron chi connectivity index (χ3n) is 3.94. The summed E-state index contributed by atoms with van der Waals surface area (Å²) in [5, 5.41) is 5.00. The molecule has 1 N–H and O–H groups in total. The second-order valence-corrected chi connectivity index (χ2v) is 6.52. The molecule has 0 unspecified atom stereocenters. The number of nitrogens with one attached hydrogen (secondary N) is 1. The third kappa shape index (κ3) is 4.61. The fourth-order valence-corrected chi connectivity index (χ4v) is 2.95. The molecule has 6 heteroatoms. The van der Waals surface area contributed by atoms with Crippen molar-refractivity contribution < 1.29 is 4.74 Å². The molecule has 0 aliphatic rings. The van der Waals surface area contributed by atoms with Gasteiger partial charge in [0.1, 0.15) is 12.6 Å². The fourth-order valence-electron chi connectivity index (χ4n) is 2.70. The highest BCUT2D eigenvalue weighted by Gasteiger charge is 2.15. The SMILES string of the molecule is COCn1ccnc1CNC(c1ccc(Cl)cc1)c1ccc(Cl)cc1. The van der Waals surface area contributed by atoms with Crippen molar-refractivity contribution in [2.24, 2.45) is 0 Å². The van der Waals surface area contributed by atoms with Gasteiger partial charge in [0.25, 0.3) is 0 Å². The number of halogens is 2. The van der Waals surface area contributed by atoms with Gasteiger partial charge in [-0.3, -0.25) is 5.32 Å². The molecule has 0 atom stereocenters. The standard InChI is InChI=1S/C19H19Cl2N3O/c1-25-13-24-11-10-22-18(24)12-23-19(14-2-6-16(20)7-3-14)15-4-8-17(21)9-5-15/h2-11,19,23H,12-13H2,1H3. The van der Waals surface area contributed by atoms with Crippen LogP contribution in [0.3, 0.4) is 0 Å². The Kier molecular flexibility index (Phi) is 6.10. The molecule has 0 saturated heterocycles. The van der Waals surface area contributed by atoms with E-state index in [2.05, 4.69) is 10.3 Å². The molecule has 130 valence electrons. The van der Waals surface area contributed by atoms with Crippen molar-refractivity contribution in [1.29, 1.82) is 0 Å². The van der Waals surface area contributed by atoms with E-state index >= 15 is 0 Å². The molecule has 0 aliphatic carbocycles. The van der Waals surface area contributed by atoms with E-state index < -0.39 is 0 Å². The van der Waals surface area contributed by atoms with E-state index in [1.807, 2.05) is 59.3 Å². The van der Waals surface area contributed by atoms with Crippen LogP contribution in [0.5, 0.6) is 0 Å². The lowest BCUT2D eigenvalue weighted by Gasteiger charge is -2.20. The summed E-state index contributed by atoms with van der Waals surface area (Å²) in [5.74, 6) is 0.912. The van der Waals surface area contributed by atoms with Crippen molar-refractivity contribution in [2.75, 3.05) is 7.11 Å². The quantitative estimate of drug-likeness (QED) is 0.651. The van der Waals surface area contributed by atoms with Gasteiger partial charge in [-0.25, -0.2) is 4.98 Å². The first-order valence-corrected chi connectivity index (χ1v) is 8.66. The Labute approximate surface area is 157 Å². The van der Waals surface area contributed by atoms with Crippen LogP contribution in [0.25, 0.3) is 0 Å². The van der Waals surface area contributed by atoms with E-state index in [1.54, 1.807) is 13.3 Å². The zero-order valence-electron chi connectivity index (χ0n) is 13.8. The zero-order valence-corrected chi connectivity index (χ0v) is 15.3. The van der Waals surface area contributed by atoms with Crippen molar-refractivity contribution >= 4 is 23.2 Å². The van der Waals surface area contributed by atoms with Crippen molar-refractivity contribution in [3.63, 3.8) is 0 Å². The number of hydrogen-bond donors (Lipinski definition) is 1. The van der Waals surface area contributed by atoms with Crippen LogP contribution in [0.2, 0.25) is 10.0 Å². The fraction of sp³-hybridized carbons (Fsp3) is 0.211. The Morgan fingerprint density at radius 2 is 1.56 bits per heavy atom. The summed E-state index contributed by atoms with van der Waals surface area (Å²) in [4.78, 5) is 4.40. The molecule has 0 saturated carbocycles. The first kappa shape index (κ1) is 18.0. The molecule has 3 aromatic rings. The van der Waals surface area contributed by atoms with Crippen LogP contribution in [0.15, 0.2) is 60.9 Å². The van der Waals surface area contributed by atoms with Crippen LogP contribution < -0.4 is 5.32 Å². The van der Waals surface area contributed by atoms with Gasteiger partial charge in [0.15, 0.2) is 0 Å². The van der Waals surface area contributed by atoms with E-state index in [1.165, 1.54) is 0 Å². The second kappa shape index (κ2) is 8.50. The lowest BCUT2D eigenvalue weighted by molar-refractivity contribution is 0.128. The second-order valence-electron chi connectivity index (χ2n) is 5.65. The molecule has 4 nitrogen and oxygen atoms in total. The van der Waals surface area contributed by atoms with E-state index in [-0.39, 0.29) is 6.04 Å². The van der Waals surface area contributed by atoms with Gasteiger partial charge in [-0.15, -0.1) is 0 Å². The van der Waals surface area contributed by atoms with Crippen LogP contribution >= 0.6 is 23.2 Å². The van der Waals surface area contributed by atoms with Gasteiger partial charge in [-0.2, -0.15) is 0 Å². The highest BCUT2D eigenvalue weighted by molar-refractivity contribution is 6.30. The summed E-state index contributed by atoms with van der Waals surface area (Å²) in [7, 11) is 1.67. The van der Waals surface area contributed by atoms with E-state index in [0.717, 1.165) is 17.0 Å². The summed E-state index contributed by atoms with van der Waals surface area (Å²) >= 11 is 12.1. The number of benzene rings is 2. The van der Waals surface area contributed by atoms with Gasteiger partial charge in [0.2, 0.25) is 0 Å². The summed E-state index contributed by atoms with van der Waals surface area (Å²) in [6, 6.07) is 15.7. The summed E-state index contributed by atoms with van der Waals surface area (Å²) < 4.78 is 7.16. The van der Waals surface area contributed by atoms with Gasteiger partial charge in [0, 0.05) is 29.5 Å². The highest BCUT2D eigenvalue weighted by Crippen LogP contribution is 2.25. The molecular weight excluding hydrogens is 357 g/mol. The molecule has 0 radical (unpaired) electrons. The summed E-state index contributed by atoms with van der Waals surface area (Å²) in [6.45, 7) is 1.08. The van der Waals surface area contributed by atoms with E-state index in [0.29, 0.717) is 23.3 Å². The predicted molar refractivity (Wildman–Crippen MR) is 101 cm³/mol. The number of aromatic nitrogens is 2. The van der Waals surface area contributed by atoms with Gasteiger partial charge in [-0.1, -0.05) is 47.5 Å². The van der Waals surface area contributed by atoms with E-state index in [9.17, 15) is 0 Å². The number of ether oxygens (including phenoxy) is 1. The maximum atomic E-state index is 6.03. The smallest absolute Gasteiger partial charge is 0.124 e. The predicted octanol–water partition coefficient (Wildman–Crippen LogP) is 4.67. The minimum Gasteiger partial charge on any atom is -0.364 e. The lowest BCUT2D eigenvalue weighted by Crippen LogP contribution is -2.24.